The van der Waals surface area contributed by atoms with E-state index in [0.29, 0.717) is 6.04 Å². The van der Waals surface area contributed by atoms with E-state index in [4.69, 9.17) is 0 Å². The third kappa shape index (κ3) is 2.94. The monoisotopic (exact) mass is 231 g/mol. The molecule has 2 fully saturated rings. The van der Waals surface area contributed by atoms with E-state index in [1.54, 1.807) is 0 Å². The SMILES string of the molecule is CC(CS(C)(=O)=O)NC1CC2CCC1C2. The van der Waals surface area contributed by atoms with Crippen LogP contribution in [0.25, 0.3) is 0 Å². The van der Waals surface area contributed by atoms with E-state index < -0.39 is 9.84 Å². The highest BCUT2D eigenvalue weighted by Crippen LogP contribution is 2.44. The number of rotatable bonds is 4. The van der Waals surface area contributed by atoms with Gasteiger partial charge in [-0.2, -0.15) is 0 Å². The first-order chi connectivity index (χ1) is 6.94. The van der Waals surface area contributed by atoms with Gasteiger partial charge in [0.05, 0.1) is 5.75 Å². The van der Waals surface area contributed by atoms with Gasteiger partial charge in [-0.1, -0.05) is 6.42 Å². The summed E-state index contributed by atoms with van der Waals surface area (Å²) < 4.78 is 22.3. The van der Waals surface area contributed by atoms with Crippen LogP contribution in [-0.4, -0.2) is 32.5 Å². The zero-order chi connectivity index (χ0) is 11.1. The summed E-state index contributed by atoms with van der Waals surface area (Å²) in [6.45, 7) is 1.98. The maximum atomic E-state index is 11.1. The van der Waals surface area contributed by atoms with Gasteiger partial charge in [-0.05, 0) is 38.0 Å². The molecular formula is C11H21NO2S. The van der Waals surface area contributed by atoms with Crippen LogP contribution < -0.4 is 5.32 Å². The Balaban J connectivity index is 1.82. The minimum absolute atomic E-state index is 0.101. The molecule has 2 aliphatic rings. The first-order valence-electron chi connectivity index (χ1n) is 5.88. The number of sulfone groups is 1. The van der Waals surface area contributed by atoms with Gasteiger partial charge in [0.1, 0.15) is 9.84 Å². The van der Waals surface area contributed by atoms with Crippen molar-refractivity contribution in [2.75, 3.05) is 12.0 Å². The maximum absolute atomic E-state index is 11.1. The molecule has 0 aliphatic heterocycles. The third-order valence-corrected chi connectivity index (χ3v) is 4.89. The molecule has 4 atom stereocenters. The quantitative estimate of drug-likeness (QED) is 0.791. The smallest absolute Gasteiger partial charge is 0.148 e. The molecule has 4 heteroatoms. The van der Waals surface area contributed by atoms with E-state index in [1.165, 1.54) is 31.9 Å². The Bertz CT molecular complexity index is 325. The summed E-state index contributed by atoms with van der Waals surface area (Å²) >= 11 is 0. The minimum Gasteiger partial charge on any atom is -0.310 e. The van der Waals surface area contributed by atoms with Crippen molar-refractivity contribution in [2.24, 2.45) is 11.8 Å². The van der Waals surface area contributed by atoms with Crippen LogP contribution in [0, 0.1) is 11.8 Å². The molecule has 0 aromatic heterocycles. The van der Waals surface area contributed by atoms with Crippen molar-refractivity contribution in [3.8, 4) is 0 Å². The molecule has 2 bridgehead atoms. The Labute approximate surface area is 92.6 Å². The molecule has 4 unspecified atom stereocenters. The Morgan fingerprint density at radius 1 is 1.33 bits per heavy atom. The Kier molecular flexibility index (Phi) is 3.08. The molecule has 15 heavy (non-hydrogen) atoms. The Morgan fingerprint density at radius 3 is 2.53 bits per heavy atom. The van der Waals surface area contributed by atoms with Crippen molar-refractivity contribution in [3.63, 3.8) is 0 Å². The average Bonchev–Trinajstić information content (AvgIpc) is 2.60. The standard InChI is InChI=1S/C11H21NO2S/c1-8(7-15(2,13)14)12-11-6-9-3-4-10(11)5-9/h8-12H,3-7H2,1-2H3. The molecular weight excluding hydrogens is 210 g/mol. The largest absolute Gasteiger partial charge is 0.310 e. The Hall–Kier alpha value is -0.0900. The van der Waals surface area contributed by atoms with E-state index in [1.807, 2.05) is 6.92 Å². The van der Waals surface area contributed by atoms with Gasteiger partial charge in [-0.15, -0.1) is 0 Å². The third-order valence-electron chi connectivity index (χ3n) is 3.79. The van der Waals surface area contributed by atoms with Gasteiger partial charge in [-0.3, -0.25) is 0 Å². The number of hydrogen-bond acceptors (Lipinski definition) is 3. The highest BCUT2D eigenvalue weighted by Gasteiger charge is 2.39. The molecule has 0 spiro atoms. The van der Waals surface area contributed by atoms with Gasteiger partial charge in [0.25, 0.3) is 0 Å². The van der Waals surface area contributed by atoms with E-state index in [9.17, 15) is 8.42 Å². The number of fused-ring (bicyclic) bond motifs is 2. The van der Waals surface area contributed by atoms with Crippen LogP contribution in [0.1, 0.15) is 32.6 Å². The molecule has 3 nitrogen and oxygen atoms in total. The summed E-state index contributed by atoms with van der Waals surface area (Å²) in [6, 6.07) is 0.685. The first kappa shape index (κ1) is 11.4. The second kappa shape index (κ2) is 4.06. The lowest BCUT2D eigenvalue weighted by Crippen LogP contribution is -2.42. The van der Waals surface area contributed by atoms with Crippen molar-refractivity contribution < 1.29 is 8.42 Å². The molecule has 1 N–H and O–H groups in total. The maximum Gasteiger partial charge on any atom is 0.148 e. The second-order valence-electron chi connectivity index (χ2n) is 5.44. The van der Waals surface area contributed by atoms with Gasteiger partial charge in [0.2, 0.25) is 0 Å². The highest BCUT2D eigenvalue weighted by atomic mass is 32.2. The lowest BCUT2D eigenvalue weighted by atomic mass is 9.95. The summed E-state index contributed by atoms with van der Waals surface area (Å²) in [4.78, 5) is 0. The number of nitrogens with one attached hydrogen (secondary N) is 1. The molecule has 2 saturated carbocycles. The molecule has 0 aromatic carbocycles. The lowest BCUT2D eigenvalue weighted by Gasteiger charge is -2.26. The van der Waals surface area contributed by atoms with E-state index in [2.05, 4.69) is 5.32 Å². The van der Waals surface area contributed by atoms with Crippen LogP contribution >= 0.6 is 0 Å². The summed E-state index contributed by atoms with van der Waals surface area (Å²) in [5.41, 5.74) is 0. The zero-order valence-electron chi connectivity index (χ0n) is 9.57. The molecule has 0 saturated heterocycles. The van der Waals surface area contributed by atoms with Crippen LogP contribution in [0.4, 0.5) is 0 Å². The molecule has 0 heterocycles. The first-order valence-corrected chi connectivity index (χ1v) is 7.94. The summed E-state index contributed by atoms with van der Waals surface area (Å²) in [5.74, 6) is 2.00. The van der Waals surface area contributed by atoms with E-state index in [0.717, 1.165) is 11.8 Å². The van der Waals surface area contributed by atoms with Crippen LogP contribution in [0.2, 0.25) is 0 Å². The molecule has 2 rings (SSSR count). The normalized spacial score (nSPS) is 37.1. The van der Waals surface area contributed by atoms with E-state index >= 15 is 0 Å². The van der Waals surface area contributed by atoms with Crippen molar-refractivity contribution in [3.05, 3.63) is 0 Å². The van der Waals surface area contributed by atoms with Gasteiger partial charge < -0.3 is 5.32 Å². The molecule has 88 valence electrons. The van der Waals surface area contributed by atoms with Crippen LogP contribution in [0.15, 0.2) is 0 Å². The van der Waals surface area contributed by atoms with Gasteiger partial charge in [0, 0.05) is 18.3 Å². The Morgan fingerprint density at radius 2 is 2.07 bits per heavy atom. The van der Waals surface area contributed by atoms with Crippen molar-refractivity contribution >= 4 is 9.84 Å². The molecule has 0 radical (unpaired) electrons. The molecule has 0 amide bonds. The zero-order valence-corrected chi connectivity index (χ0v) is 10.4. The highest BCUT2D eigenvalue weighted by molar-refractivity contribution is 7.90. The predicted octanol–water partition coefficient (Wildman–Crippen LogP) is 1.20. The topological polar surface area (TPSA) is 46.2 Å². The lowest BCUT2D eigenvalue weighted by molar-refractivity contribution is 0.332. The predicted molar refractivity (Wildman–Crippen MR) is 61.5 cm³/mol. The fourth-order valence-electron chi connectivity index (χ4n) is 3.32. The average molecular weight is 231 g/mol. The minimum atomic E-state index is -2.84. The fourth-order valence-corrected chi connectivity index (χ4v) is 4.32. The summed E-state index contributed by atoms with van der Waals surface area (Å²) in [7, 11) is -2.84. The summed E-state index contributed by atoms with van der Waals surface area (Å²) in [6.07, 6.45) is 6.67. The number of hydrogen-bond donors (Lipinski definition) is 1. The molecule has 0 aromatic rings. The summed E-state index contributed by atoms with van der Waals surface area (Å²) in [5, 5.41) is 3.49. The van der Waals surface area contributed by atoms with Gasteiger partial charge >= 0.3 is 0 Å². The van der Waals surface area contributed by atoms with Crippen molar-refractivity contribution in [2.45, 2.75) is 44.7 Å². The van der Waals surface area contributed by atoms with Gasteiger partial charge in [-0.25, -0.2) is 8.42 Å². The van der Waals surface area contributed by atoms with Crippen molar-refractivity contribution in [1.29, 1.82) is 0 Å². The van der Waals surface area contributed by atoms with Crippen molar-refractivity contribution in [1.82, 2.24) is 5.32 Å². The van der Waals surface area contributed by atoms with Gasteiger partial charge in [0.15, 0.2) is 0 Å². The fraction of sp³-hybridized carbons (Fsp3) is 1.00. The van der Waals surface area contributed by atoms with Crippen LogP contribution in [-0.2, 0) is 9.84 Å². The van der Waals surface area contributed by atoms with E-state index in [-0.39, 0.29) is 11.8 Å². The van der Waals surface area contributed by atoms with Crippen LogP contribution in [0.5, 0.6) is 0 Å². The molecule has 2 aliphatic carbocycles. The van der Waals surface area contributed by atoms with Crippen LogP contribution in [0.3, 0.4) is 0 Å². The second-order valence-corrected chi connectivity index (χ2v) is 7.63.